The van der Waals surface area contributed by atoms with Crippen molar-refractivity contribution in [1.29, 1.82) is 0 Å². The maximum Gasteiger partial charge on any atom is 0.370 e. The molecule has 8 aromatic rings. The van der Waals surface area contributed by atoms with Crippen molar-refractivity contribution < 1.29 is 48.1 Å². The normalized spacial score (nSPS) is 19.3. The van der Waals surface area contributed by atoms with Crippen molar-refractivity contribution in [2.24, 2.45) is 11.8 Å². The molecule has 3 fully saturated rings. The number of esters is 1. The number of nitrogens with zero attached hydrogens (tertiary/aromatic N) is 12. The van der Waals surface area contributed by atoms with Crippen molar-refractivity contribution in [3.8, 4) is 11.8 Å². The Hall–Kier alpha value is -8.97. The Morgan fingerprint density at radius 3 is 1.67 bits per heavy atom. The number of rotatable bonds is 12. The zero-order chi connectivity index (χ0) is 59.3. The molecule has 85 heavy (non-hydrogen) atoms. The van der Waals surface area contributed by atoms with Gasteiger partial charge in [0.05, 0.1) is 37.6 Å². The quantitative estimate of drug-likeness (QED) is 0.0682. The average Bonchev–Trinajstić information content (AvgIpc) is 1.96. The summed E-state index contributed by atoms with van der Waals surface area (Å²) in [6.45, 7) is 7.55. The van der Waals surface area contributed by atoms with Crippen molar-refractivity contribution in [2.75, 3.05) is 51.2 Å². The van der Waals surface area contributed by atoms with Gasteiger partial charge in [-0.3, -0.25) is 19.2 Å². The number of imide groups is 1. The Morgan fingerprint density at radius 1 is 0.647 bits per heavy atom. The lowest BCUT2D eigenvalue weighted by Gasteiger charge is -2.28. The van der Waals surface area contributed by atoms with Gasteiger partial charge >= 0.3 is 11.9 Å². The third-order valence-corrected chi connectivity index (χ3v) is 16.5. The summed E-state index contributed by atoms with van der Waals surface area (Å²) in [4.78, 5) is 99.0. The fraction of sp³-hybridized carbons (Fsp3) is 0.450. The van der Waals surface area contributed by atoms with E-state index in [4.69, 9.17) is 34.5 Å². The summed E-state index contributed by atoms with van der Waals surface area (Å²) in [5.41, 5.74) is 8.31. The molecule has 3 aliphatic heterocycles. The summed E-state index contributed by atoms with van der Waals surface area (Å²) in [5.74, 6) is 2.20. The largest absolute Gasteiger partial charge is 0.481 e. The third kappa shape index (κ3) is 12.8. The Kier molecular flexibility index (Phi) is 17.3. The number of aromatic nitrogens is 10. The molecule has 11 heterocycles. The van der Waals surface area contributed by atoms with Crippen LogP contribution in [0.2, 0.25) is 0 Å². The monoisotopic (exact) mass is 1160 g/mol. The lowest BCUT2D eigenvalue weighted by Crippen LogP contribution is -2.37. The minimum absolute atomic E-state index is 0.0275. The molecule has 0 bridgehead atoms. The SMILES string of the molecule is CC(=O)OCC(=O)ON1C(=O)CCC1=O.COc1cc2c3cnc(Nc4ccc5c(n4)CCN(C(=O)CO)C5)nc3n(C3CCC(C)CC3)c2cn1.COc1cc2c3cnc(Nc4ccc5c(n4)CCNC5)nc3n(C3CCC(C)CC3)c2cn1. The lowest BCUT2D eigenvalue weighted by atomic mass is 9.87. The van der Waals surface area contributed by atoms with E-state index < -0.39 is 37.0 Å². The second-order valence-electron chi connectivity index (χ2n) is 22.2. The molecule has 2 aliphatic carbocycles. The van der Waals surface area contributed by atoms with Gasteiger partial charge in [0, 0.05) is 128 Å². The van der Waals surface area contributed by atoms with Gasteiger partial charge in [-0.1, -0.05) is 26.0 Å². The first kappa shape index (κ1) is 57.8. The molecule has 0 atom stereocenters. The molecule has 4 N–H and O–H groups in total. The van der Waals surface area contributed by atoms with Crippen LogP contribution in [0, 0.1) is 11.8 Å². The predicted octanol–water partition coefficient (Wildman–Crippen LogP) is 7.44. The number of anilines is 4. The van der Waals surface area contributed by atoms with Crippen molar-refractivity contribution in [3.05, 3.63) is 83.7 Å². The lowest BCUT2D eigenvalue weighted by molar-refractivity contribution is -0.200. The van der Waals surface area contributed by atoms with Crippen LogP contribution in [0.25, 0.3) is 43.9 Å². The number of hydrogen-bond donors (Lipinski definition) is 4. The molecule has 444 valence electrons. The van der Waals surface area contributed by atoms with E-state index in [0.717, 1.165) is 131 Å². The van der Waals surface area contributed by atoms with Gasteiger partial charge in [0.2, 0.25) is 29.6 Å². The van der Waals surface area contributed by atoms with E-state index in [2.05, 4.69) is 74.5 Å². The van der Waals surface area contributed by atoms with Gasteiger partial charge in [-0.15, -0.1) is 5.06 Å². The molecule has 13 rings (SSSR count). The number of carbonyl (C=O) groups excluding carboxylic acids is 5. The van der Waals surface area contributed by atoms with Crippen LogP contribution in [0.5, 0.6) is 11.8 Å². The van der Waals surface area contributed by atoms with Gasteiger partial charge in [0.1, 0.15) is 29.5 Å². The fourth-order valence-corrected chi connectivity index (χ4v) is 11.9. The Balaban J connectivity index is 0.000000144. The first-order valence-corrected chi connectivity index (χ1v) is 29.0. The van der Waals surface area contributed by atoms with E-state index in [0.29, 0.717) is 66.1 Å². The van der Waals surface area contributed by atoms with Crippen molar-refractivity contribution in [3.63, 3.8) is 0 Å². The van der Waals surface area contributed by atoms with Crippen molar-refractivity contribution in [2.45, 2.75) is 123 Å². The average molecular weight is 1160 g/mol. The van der Waals surface area contributed by atoms with Crippen LogP contribution in [0.3, 0.4) is 0 Å². The summed E-state index contributed by atoms with van der Waals surface area (Å²) in [5, 5.41) is 23.7. The second kappa shape index (κ2) is 25.5. The molecular formula is C60H69N15O10. The molecular weight excluding hydrogens is 1090 g/mol. The predicted molar refractivity (Wildman–Crippen MR) is 313 cm³/mol. The highest BCUT2D eigenvalue weighted by Crippen LogP contribution is 2.41. The molecule has 25 nitrogen and oxygen atoms in total. The smallest absolute Gasteiger partial charge is 0.370 e. The minimum Gasteiger partial charge on any atom is -0.481 e. The molecule has 1 saturated heterocycles. The van der Waals surface area contributed by atoms with E-state index in [1.807, 2.05) is 55.1 Å². The maximum atomic E-state index is 11.9. The van der Waals surface area contributed by atoms with Gasteiger partial charge in [0.15, 0.2) is 6.61 Å². The summed E-state index contributed by atoms with van der Waals surface area (Å²) in [6.07, 6.45) is 18.6. The number of pyridine rings is 4. The molecule has 3 amide bonds. The molecule has 8 aromatic heterocycles. The number of ether oxygens (including phenoxy) is 3. The van der Waals surface area contributed by atoms with E-state index in [9.17, 15) is 24.0 Å². The fourth-order valence-electron chi connectivity index (χ4n) is 11.9. The standard InChI is InChI=1S/C27H31N7O3.C25H29N7O.C8H9NO6/c1-16-3-6-18(7-4-16)34-22-13-28-24(37-2)11-19(22)20-12-29-27(32-26(20)34)31-23-8-5-17-14-33(25(36)15-35)10-9-21(17)30-23;1-15-3-6-17(7-4-15)32-21-14-27-23(33-2)11-18(21)19-13-28-25(31-24(19)32)30-22-8-5-16-12-26-10-9-20(16)29-22;1-5(10)14-4-8(13)15-9-6(11)2-3-7(9)12/h5,8,11-13,16,18,35H,3-4,6-7,9-10,14-15H2,1-2H3,(H,29,30,31,32);5,8,11,13-15,17,26H,3-4,6-7,9-10,12H2,1-2H3,(H,28,29,30,31);2-4H2,1H3. The Bertz CT molecular complexity index is 3820. The molecule has 0 aromatic carbocycles. The second-order valence-corrected chi connectivity index (χ2v) is 22.2. The van der Waals surface area contributed by atoms with Crippen LogP contribution in [0.1, 0.15) is 120 Å². The Labute approximate surface area is 489 Å². The number of hydrogen-bond acceptors (Lipinski definition) is 21. The highest BCUT2D eigenvalue weighted by Gasteiger charge is 2.33. The van der Waals surface area contributed by atoms with Gasteiger partial charge in [-0.05, 0) is 86.5 Å². The first-order valence-electron chi connectivity index (χ1n) is 29.0. The number of fused-ring (bicyclic) bond motifs is 8. The summed E-state index contributed by atoms with van der Waals surface area (Å²) >= 11 is 0. The van der Waals surface area contributed by atoms with Crippen LogP contribution in [0.15, 0.2) is 61.2 Å². The summed E-state index contributed by atoms with van der Waals surface area (Å²) < 4.78 is 19.8. The molecule has 0 radical (unpaired) electrons. The van der Waals surface area contributed by atoms with Gasteiger partial charge in [-0.2, -0.15) is 9.97 Å². The zero-order valence-corrected chi connectivity index (χ0v) is 48.3. The van der Waals surface area contributed by atoms with E-state index in [1.54, 1.807) is 19.1 Å². The number of carbonyl (C=O) groups is 5. The number of nitrogens with one attached hydrogen (secondary N) is 3. The van der Waals surface area contributed by atoms with Crippen molar-refractivity contribution >= 4 is 97.1 Å². The maximum absolute atomic E-state index is 11.9. The van der Waals surface area contributed by atoms with Crippen LogP contribution >= 0.6 is 0 Å². The number of aliphatic hydroxyl groups excluding tert-OH is 1. The van der Waals surface area contributed by atoms with Crippen molar-refractivity contribution in [1.82, 2.24) is 64.3 Å². The van der Waals surface area contributed by atoms with Crippen LogP contribution in [0.4, 0.5) is 23.5 Å². The summed E-state index contributed by atoms with van der Waals surface area (Å²) in [7, 11) is 3.28. The minimum atomic E-state index is -0.964. The van der Waals surface area contributed by atoms with Crippen LogP contribution in [-0.2, 0) is 59.5 Å². The topological polar surface area (TPSA) is 298 Å². The molecule has 0 unspecified atom stereocenters. The highest BCUT2D eigenvalue weighted by molar-refractivity contribution is 6.08. The first-order chi connectivity index (χ1) is 41.2. The number of hydroxylamine groups is 2. The summed E-state index contributed by atoms with van der Waals surface area (Å²) in [6, 6.07) is 12.7. The third-order valence-electron chi connectivity index (χ3n) is 16.5. The van der Waals surface area contributed by atoms with Crippen LogP contribution < -0.4 is 25.4 Å². The molecule has 25 heteroatoms. The molecule has 0 spiro atoms. The molecule has 2 saturated carbocycles. The zero-order valence-electron chi connectivity index (χ0n) is 48.3. The van der Waals surface area contributed by atoms with Gasteiger partial charge in [0.25, 0.3) is 11.8 Å². The molecule has 5 aliphatic rings. The van der Waals surface area contributed by atoms with Gasteiger partial charge < -0.3 is 54.1 Å². The number of methoxy groups -OCH3 is 2. The van der Waals surface area contributed by atoms with E-state index in [1.165, 1.54) is 31.2 Å². The van der Waals surface area contributed by atoms with Gasteiger partial charge in [-0.25, -0.2) is 34.7 Å². The number of amides is 3. The van der Waals surface area contributed by atoms with E-state index >= 15 is 0 Å². The highest BCUT2D eigenvalue weighted by atomic mass is 16.7. The Morgan fingerprint density at radius 2 is 1.16 bits per heavy atom. The number of aliphatic hydroxyl groups is 1. The van der Waals surface area contributed by atoms with E-state index in [-0.39, 0.29) is 18.7 Å². The van der Waals surface area contributed by atoms with Crippen LogP contribution in [-0.4, -0.2) is 134 Å².